The van der Waals surface area contributed by atoms with Crippen LogP contribution in [0.15, 0.2) is 47.3 Å². The number of pyridine rings is 1. The molecule has 0 aliphatic carbocycles. The van der Waals surface area contributed by atoms with Gasteiger partial charge in [-0.05, 0) is 36.2 Å². The Morgan fingerprint density at radius 2 is 2.00 bits per heavy atom. The largest absolute Gasteiger partial charge is 0.491 e. The van der Waals surface area contributed by atoms with Gasteiger partial charge in [-0.3, -0.25) is 9.36 Å². The SMILES string of the molecule is O=c1c2cc(F)ccc2c2c3n1-c1ccccc1C3CCO2. The van der Waals surface area contributed by atoms with Gasteiger partial charge < -0.3 is 4.74 Å². The lowest BCUT2D eigenvalue weighted by atomic mass is 9.92. The summed E-state index contributed by atoms with van der Waals surface area (Å²) in [6, 6.07) is 12.2. The molecule has 0 radical (unpaired) electrons. The molecule has 2 aliphatic heterocycles. The highest BCUT2D eigenvalue weighted by Crippen LogP contribution is 2.47. The monoisotopic (exact) mass is 293 g/mol. The van der Waals surface area contributed by atoms with Crippen LogP contribution < -0.4 is 10.3 Å². The maximum absolute atomic E-state index is 13.6. The molecule has 0 fully saturated rings. The Hall–Kier alpha value is -2.62. The van der Waals surface area contributed by atoms with Gasteiger partial charge in [0.15, 0.2) is 0 Å². The minimum atomic E-state index is -0.406. The zero-order chi connectivity index (χ0) is 14.8. The number of nitrogens with zero attached hydrogens (tertiary/aromatic N) is 1. The summed E-state index contributed by atoms with van der Waals surface area (Å²) < 4.78 is 21.2. The number of rotatable bonds is 0. The quantitative estimate of drug-likeness (QED) is 0.636. The Bertz CT molecular complexity index is 1010. The first-order valence-corrected chi connectivity index (χ1v) is 7.36. The molecular weight excluding hydrogens is 281 g/mol. The smallest absolute Gasteiger partial charge is 0.263 e. The van der Waals surface area contributed by atoms with Crippen LogP contribution in [0, 0.1) is 5.82 Å². The zero-order valence-corrected chi connectivity index (χ0v) is 11.7. The molecule has 3 nitrogen and oxygen atoms in total. The van der Waals surface area contributed by atoms with E-state index in [4.69, 9.17) is 4.74 Å². The summed E-state index contributed by atoms with van der Waals surface area (Å²) in [5, 5.41) is 1.08. The second-order valence-corrected chi connectivity index (χ2v) is 5.79. The van der Waals surface area contributed by atoms with E-state index >= 15 is 0 Å². The van der Waals surface area contributed by atoms with Crippen molar-refractivity contribution < 1.29 is 9.13 Å². The molecule has 0 bridgehead atoms. The highest BCUT2D eigenvalue weighted by atomic mass is 19.1. The van der Waals surface area contributed by atoms with E-state index in [0.29, 0.717) is 17.4 Å². The van der Waals surface area contributed by atoms with Crippen molar-refractivity contribution in [3.8, 4) is 11.4 Å². The van der Waals surface area contributed by atoms with Crippen LogP contribution in [0.5, 0.6) is 5.75 Å². The van der Waals surface area contributed by atoms with Gasteiger partial charge in [0.1, 0.15) is 11.6 Å². The van der Waals surface area contributed by atoms with Crippen molar-refractivity contribution in [2.24, 2.45) is 0 Å². The van der Waals surface area contributed by atoms with Gasteiger partial charge >= 0.3 is 0 Å². The lowest BCUT2D eigenvalue weighted by molar-refractivity contribution is 0.278. The zero-order valence-electron chi connectivity index (χ0n) is 11.7. The van der Waals surface area contributed by atoms with Crippen molar-refractivity contribution in [3.05, 3.63) is 69.9 Å². The van der Waals surface area contributed by atoms with Crippen molar-refractivity contribution >= 4 is 10.8 Å². The predicted molar refractivity (Wildman–Crippen MR) is 81.5 cm³/mol. The fourth-order valence-electron chi connectivity index (χ4n) is 3.77. The first kappa shape index (κ1) is 12.0. The number of fused-ring (bicyclic) bond motifs is 5. The van der Waals surface area contributed by atoms with E-state index in [1.807, 2.05) is 18.2 Å². The third-order valence-corrected chi connectivity index (χ3v) is 4.67. The Kier molecular flexibility index (Phi) is 2.16. The molecule has 4 heteroatoms. The Morgan fingerprint density at radius 3 is 2.91 bits per heavy atom. The Morgan fingerprint density at radius 1 is 1.14 bits per heavy atom. The van der Waals surface area contributed by atoms with Crippen molar-refractivity contribution in [1.82, 2.24) is 4.57 Å². The Balaban J connectivity index is 2.03. The van der Waals surface area contributed by atoms with Crippen molar-refractivity contribution in [2.45, 2.75) is 12.3 Å². The van der Waals surface area contributed by atoms with E-state index in [1.165, 1.54) is 12.1 Å². The standard InChI is InChI=1S/C18H12FNO2/c19-10-5-6-13-14(9-10)18(21)20-15-4-2-1-3-11(15)12-7-8-22-17(13)16(12)20/h1-6,9,12H,7-8H2. The third-order valence-electron chi connectivity index (χ3n) is 4.67. The highest BCUT2D eigenvalue weighted by molar-refractivity contribution is 5.90. The van der Waals surface area contributed by atoms with E-state index in [-0.39, 0.29) is 11.5 Å². The lowest BCUT2D eigenvalue weighted by Crippen LogP contribution is -2.23. The summed E-state index contributed by atoms with van der Waals surface area (Å²) in [6.45, 7) is 0.608. The number of para-hydroxylation sites is 1. The van der Waals surface area contributed by atoms with Gasteiger partial charge in [-0.2, -0.15) is 0 Å². The molecule has 0 amide bonds. The van der Waals surface area contributed by atoms with Gasteiger partial charge in [0.05, 0.1) is 23.4 Å². The van der Waals surface area contributed by atoms with Crippen LogP contribution in [0.1, 0.15) is 23.6 Å². The van der Waals surface area contributed by atoms with Gasteiger partial charge in [0.2, 0.25) is 0 Å². The van der Waals surface area contributed by atoms with Crippen LogP contribution in [-0.2, 0) is 0 Å². The molecule has 108 valence electrons. The second-order valence-electron chi connectivity index (χ2n) is 5.79. The maximum atomic E-state index is 13.6. The number of benzene rings is 2. The number of hydrogen-bond acceptors (Lipinski definition) is 2. The normalized spacial score (nSPS) is 18.0. The van der Waals surface area contributed by atoms with E-state index in [2.05, 4.69) is 6.07 Å². The molecule has 3 heterocycles. The fourth-order valence-corrected chi connectivity index (χ4v) is 3.77. The van der Waals surface area contributed by atoms with Crippen LogP contribution in [0.25, 0.3) is 16.5 Å². The minimum absolute atomic E-state index is 0.173. The number of halogens is 1. The van der Waals surface area contributed by atoms with Gasteiger partial charge in [-0.15, -0.1) is 0 Å². The number of hydrogen-bond donors (Lipinski definition) is 0. The summed E-state index contributed by atoms with van der Waals surface area (Å²) in [7, 11) is 0. The average molecular weight is 293 g/mol. The topological polar surface area (TPSA) is 31.2 Å². The van der Waals surface area contributed by atoms with E-state index in [1.54, 1.807) is 10.6 Å². The van der Waals surface area contributed by atoms with Crippen LogP contribution in [0.2, 0.25) is 0 Å². The third kappa shape index (κ3) is 1.32. The predicted octanol–water partition coefficient (Wildman–Crippen LogP) is 3.36. The first-order chi connectivity index (χ1) is 10.8. The van der Waals surface area contributed by atoms with Crippen LogP contribution >= 0.6 is 0 Å². The molecule has 0 N–H and O–H groups in total. The summed E-state index contributed by atoms with van der Waals surface area (Å²) in [4.78, 5) is 12.9. The van der Waals surface area contributed by atoms with Gasteiger partial charge in [-0.25, -0.2) is 4.39 Å². The molecule has 2 aromatic carbocycles. The Labute approximate surface area is 125 Å². The van der Waals surface area contributed by atoms with Crippen molar-refractivity contribution in [3.63, 3.8) is 0 Å². The first-order valence-electron chi connectivity index (χ1n) is 7.36. The lowest BCUT2D eigenvalue weighted by Gasteiger charge is -2.24. The van der Waals surface area contributed by atoms with Crippen LogP contribution in [-0.4, -0.2) is 11.2 Å². The van der Waals surface area contributed by atoms with Gasteiger partial charge in [-0.1, -0.05) is 18.2 Å². The average Bonchev–Trinajstić information content (AvgIpc) is 2.88. The minimum Gasteiger partial charge on any atom is -0.491 e. The fraction of sp³-hybridized carbons (Fsp3) is 0.167. The van der Waals surface area contributed by atoms with E-state index in [0.717, 1.165) is 29.1 Å². The number of ether oxygens (including phenoxy) is 1. The summed E-state index contributed by atoms with van der Waals surface area (Å²) in [5.41, 5.74) is 2.79. The van der Waals surface area contributed by atoms with Gasteiger partial charge in [0, 0.05) is 11.3 Å². The van der Waals surface area contributed by atoms with Crippen LogP contribution in [0.3, 0.4) is 0 Å². The van der Waals surface area contributed by atoms with Crippen molar-refractivity contribution in [1.29, 1.82) is 0 Å². The molecule has 1 unspecified atom stereocenters. The highest BCUT2D eigenvalue weighted by Gasteiger charge is 2.36. The van der Waals surface area contributed by atoms with Crippen molar-refractivity contribution in [2.75, 3.05) is 6.61 Å². The molecule has 22 heavy (non-hydrogen) atoms. The molecule has 2 aliphatic rings. The molecule has 3 aromatic rings. The van der Waals surface area contributed by atoms with Crippen LogP contribution in [0.4, 0.5) is 4.39 Å². The van der Waals surface area contributed by atoms with E-state index < -0.39 is 5.82 Å². The molecule has 0 saturated heterocycles. The van der Waals surface area contributed by atoms with E-state index in [9.17, 15) is 9.18 Å². The molecule has 0 spiro atoms. The molecule has 5 rings (SSSR count). The summed E-state index contributed by atoms with van der Waals surface area (Å²) in [6.07, 6.45) is 0.857. The molecular formula is C18H12FNO2. The summed E-state index contributed by atoms with van der Waals surface area (Å²) >= 11 is 0. The van der Waals surface area contributed by atoms with Gasteiger partial charge in [0.25, 0.3) is 5.56 Å². The molecule has 0 saturated carbocycles. The maximum Gasteiger partial charge on any atom is 0.263 e. The second kappa shape index (κ2) is 3.97. The number of aromatic nitrogens is 1. The summed E-state index contributed by atoms with van der Waals surface area (Å²) in [5.74, 6) is 0.500. The molecule has 1 atom stereocenters. The molecule has 1 aromatic heterocycles.